The number of hydrogen-bond acceptors (Lipinski definition) is 2. The number of benzene rings is 1. The van der Waals surface area contributed by atoms with Gasteiger partial charge in [0.25, 0.3) is 0 Å². The molecule has 4 heteroatoms. The standard InChI is InChI=1S/C14H17Cl2NO/c1-2-14(18)10-5-7-17(8-6-10)13-4-3-11(15)9-12(13)16/h3-4,9-10H,2,5-8H2,1H3. The first-order chi connectivity index (χ1) is 8.61. The summed E-state index contributed by atoms with van der Waals surface area (Å²) in [7, 11) is 0. The van der Waals surface area contributed by atoms with Crippen LogP contribution in [0.15, 0.2) is 18.2 Å². The number of hydrogen-bond donors (Lipinski definition) is 0. The minimum atomic E-state index is 0.234. The van der Waals surface area contributed by atoms with Gasteiger partial charge in [0.2, 0.25) is 0 Å². The molecular weight excluding hydrogens is 269 g/mol. The van der Waals surface area contributed by atoms with E-state index in [1.54, 1.807) is 6.07 Å². The number of ketones is 1. The predicted octanol–water partition coefficient (Wildman–Crippen LogP) is 4.19. The van der Waals surface area contributed by atoms with Gasteiger partial charge in [0.1, 0.15) is 5.78 Å². The third-order valence-corrected chi connectivity index (χ3v) is 4.09. The van der Waals surface area contributed by atoms with E-state index in [2.05, 4.69) is 4.90 Å². The van der Waals surface area contributed by atoms with Crippen LogP contribution >= 0.6 is 23.2 Å². The average Bonchev–Trinajstić information content (AvgIpc) is 2.38. The molecule has 1 aliphatic rings. The Balaban J connectivity index is 2.03. The molecule has 2 nitrogen and oxygen atoms in total. The molecule has 18 heavy (non-hydrogen) atoms. The molecule has 1 heterocycles. The van der Waals surface area contributed by atoms with Crippen molar-refractivity contribution in [3.63, 3.8) is 0 Å². The Bertz CT molecular complexity index is 439. The van der Waals surface area contributed by atoms with E-state index in [-0.39, 0.29) is 5.92 Å². The van der Waals surface area contributed by atoms with E-state index in [0.717, 1.165) is 31.6 Å². The molecular formula is C14H17Cl2NO. The van der Waals surface area contributed by atoms with Crippen molar-refractivity contribution in [1.29, 1.82) is 0 Å². The lowest BCUT2D eigenvalue weighted by molar-refractivity contribution is -0.123. The first-order valence-electron chi connectivity index (χ1n) is 6.34. The molecule has 0 spiro atoms. The zero-order valence-electron chi connectivity index (χ0n) is 10.5. The molecule has 0 amide bonds. The van der Waals surface area contributed by atoms with E-state index >= 15 is 0 Å². The van der Waals surface area contributed by atoms with Crippen LogP contribution in [-0.2, 0) is 4.79 Å². The molecule has 0 N–H and O–H groups in total. The van der Waals surface area contributed by atoms with Gasteiger partial charge in [-0.05, 0) is 31.0 Å². The summed E-state index contributed by atoms with van der Waals surface area (Å²) in [6.45, 7) is 3.71. The number of carbonyl (C=O) groups is 1. The number of halogens is 2. The first kappa shape index (κ1) is 13.7. The van der Waals surface area contributed by atoms with Crippen LogP contribution in [0.5, 0.6) is 0 Å². The van der Waals surface area contributed by atoms with Crippen LogP contribution in [0.1, 0.15) is 26.2 Å². The molecule has 0 aromatic heterocycles. The average molecular weight is 286 g/mol. The monoisotopic (exact) mass is 285 g/mol. The molecule has 0 unspecified atom stereocenters. The molecule has 0 aliphatic carbocycles. The highest BCUT2D eigenvalue weighted by Crippen LogP contribution is 2.32. The summed E-state index contributed by atoms with van der Waals surface area (Å²) in [6, 6.07) is 5.57. The van der Waals surface area contributed by atoms with Gasteiger partial charge in [-0.1, -0.05) is 30.1 Å². The van der Waals surface area contributed by atoms with Crippen LogP contribution in [0.2, 0.25) is 10.0 Å². The normalized spacial score (nSPS) is 16.9. The van der Waals surface area contributed by atoms with Gasteiger partial charge in [-0.15, -0.1) is 0 Å². The van der Waals surface area contributed by atoms with Gasteiger partial charge in [-0.25, -0.2) is 0 Å². The summed E-state index contributed by atoms with van der Waals surface area (Å²) in [4.78, 5) is 13.9. The Labute approximate surface area is 118 Å². The number of Topliss-reactive ketones (excluding diaryl/α,β-unsaturated/α-hetero) is 1. The van der Waals surface area contributed by atoms with Crippen LogP contribution < -0.4 is 4.90 Å². The molecule has 1 fully saturated rings. The summed E-state index contributed by atoms with van der Waals surface area (Å²) in [5, 5.41) is 1.34. The SMILES string of the molecule is CCC(=O)C1CCN(c2ccc(Cl)cc2Cl)CC1. The molecule has 2 rings (SSSR count). The third kappa shape index (κ3) is 2.99. The number of nitrogens with zero attached hydrogens (tertiary/aromatic N) is 1. The van der Waals surface area contributed by atoms with Crippen molar-refractivity contribution >= 4 is 34.7 Å². The zero-order valence-corrected chi connectivity index (χ0v) is 12.0. The summed E-state index contributed by atoms with van der Waals surface area (Å²) in [5.41, 5.74) is 1.02. The molecule has 1 aliphatic heterocycles. The van der Waals surface area contributed by atoms with Crippen molar-refractivity contribution < 1.29 is 4.79 Å². The summed E-state index contributed by atoms with van der Waals surface area (Å²) in [6.07, 6.45) is 2.49. The van der Waals surface area contributed by atoms with Crippen molar-refractivity contribution in [1.82, 2.24) is 0 Å². The lowest BCUT2D eigenvalue weighted by Crippen LogP contribution is -2.36. The van der Waals surface area contributed by atoms with E-state index in [9.17, 15) is 4.79 Å². The van der Waals surface area contributed by atoms with Crippen molar-refractivity contribution in [2.24, 2.45) is 5.92 Å². The Morgan fingerprint density at radius 3 is 2.56 bits per heavy atom. The number of piperidine rings is 1. The topological polar surface area (TPSA) is 20.3 Å². The second-order valence-electron chi connectivity index (χ2n) is 4.68. The van der Waals surface area contributed by atoms with Gasteiger partial charge in [-0.2, -0.15) is 0 Å². The van der Waals surface area contributed by atoms with Gasteiger partial charge >= 0.3 is 0 Å². The van der Waals surface area contributed by atoms with E-state index < -0.39 is 0 Å². The van der Waals surface area contributed by atoms with Crippen molar-refractivity contribution in [2.45, 2.75) is 26.2 Å². The fraction of sp³-hybridized carbons (Fsp3) is 0.500. The minimum absolute atomic E-state index is 0.234. The Hall–Kier alpha value is -0.730. The maximum atomic E-state index is 11.7. The third-order valence-electron chi connectivity index (χ3n) is 3.55. The molecule has 98 valence electrons. The van der Waals surface area contributed by atoms with Crippen molar-refractivity contribution in [2.75, 3.05) is 18.0 Å². The largest absolute Gasteiger partial charge is 0.370 e. The summed E-state index contributed by atoms with van der Waals surface area (Å²) >= 11 is 12.1. The van der Waals surface area contributed by atoms with E-state index in [4.69, 9.17) is 23.2 Å². The maximum absolute atomic E-state index is 11.7. The lowest BCUT2D eigenvalue weighted by atomic mass is 9.91. The van der Waals surface area contributed by atoms with Crippen molar-refractivity contribution in [3.8, 4) is 0 Å². The molecule has 1 aromatic carbocycles. The van der Waals surface area contributed by atoms with Gasteiger partial charge < -0.3 is 4.90 Å². The van der Waals surface area contributed by atoms with Crippen LogP contribution in [0.4, 0.5) is 5.69 Å². The Morgan fingerprint density at radius 1 is 1.33 bits per heavy atom. The maximum Gasteiger partial charge on any atom is 0.135 e. The first-order valence-corrected chi connectivity index (χ1v) is 7.10. The van der Waals surface area contributed by atoms with Gasteiger partial charge in [0, 0.05) is 30.5 Å². The zero-order chi connectivity index (χ0) is 13.1. The molecule has 0 saturated carbocycles. The quantitative estimate of drug-likeness (QED) is 0.830. The highest BCUT2D eigenvalue weighted by molar-refractivity contribution is 6.36. The number of anilines is 1. The number of rotatable bonds is 3. The fourth-order valence-electron chi connectivity index (χ4n) is 2.47. The molecule has 0 atom stereocenters. The van der Waals surface area contributed by atoms with Crippen LogP contribution in [-0.4, -0.2) is 18.9 Å². The predicted molar refractivity (Wildman–Crippen MR) is 76.7 cm³/mol. The highest BCUT2D eigenvalue weighted by atomic mass is 35.5. The van der Waals surface area contributed by atoms with E-state index in [0.29, 0.717) is 22.2 Å². The van der Waals surface area contributed by atoms with Crippen LogP contribution in [0.3, 0.4) is 0 Å². The molecule has 1 aromatic rings. The minimum Gasteiger partial charge on any atom is -0.370 e. The van der Waals surface area contributed by atoms with Gasteiger partial charge in [0.05, 0.1) is 10.7 Å². The molecule has 0 radical (unpaired) electrons. The summed E-state index contributed by atoms with van der Waals surface area (Å²) < 4.78 is 0. The fourth-order valence-corrected chi connectivity index (χ4v) is 3.00. The van der Waals surface area contributed by atoms with Crippen LogP contribution in [0.25, 0.3) is 0 Å². The van der Waals surface area contributed by atoms with Crippen LogP contribution in [0, 0.1) is 5.92 Å². The number of carbonyl (C=O) groups excluding carboxylic acids is 1. The highest BCUT2D eigenvalue weighted by Gasteiger charge is 2.24. The van der Waals surface area contributed by atoms with Gasteiger partial charge in [-0.3, -0.25) is 4.79 Å². The second-order valence-corrected chi connectivity index (χ2v) is 5.52. The summed E-state index contributed by atoms with van der Waals surface area (Å²) in [5.74, 6) is 0.620. The second kappa shape index (κ2) is 5.94. The van der Waals surface area contributed by atoms with Crippen molar-refractivity contribution in [3.05, 3.63) is 28.2 Å². The van der Waals surface area contributed by atoms with E-state index in [1.807, 2.05) is 19.1 Å². The Kier molecular flexibility index (Phi) is 4.52. The molecule has 0 bridgehead atoms. The smallest absolute Gasteiger partial charge is 0.135 e. The molecule has 1 saturated heterocycles. The van der Waals surface area contributed by atoms with Gasteiger partial charge in [0.15, 0.2) is 0 Å². The Morgan fingerprint density at radius 2 is 2.00 bits per heavy atom. The van der Waals surface area contributed by atoms with E-state index in [1.165, 1.54) is 0 Å². The lowest BCUT2D eigenvalue weighted by Gasteiger charge is -2.33.